The van der Waals surface area contributed by atoms with Crippen LogP contribution in [0.2, 0.25) is 0 Å². The first kappa shape index (κ1) is 12.7. The number of fused-ring (bicyclic) bond motifs is 1. The average molecular weight is 271 g/mol. The van der Waals surface area contributed by atoms with Crippen LogP contribution in [0.4, 0.5) is 0 Å². The van der Waals surface area contributed by atoms with Gasteiger partial charge in [-0.05, 0) is 18.1 Å². The number of ether oxygens (including phenoxy) is 1. The summed E-state index contributed by atoms with van der Waals surface area (Å²) in [5, 5.41) is 7.02. The van der Waals surface area contributed by atoms with Crippen molar-refractivity contribution in [3.63, 3.8) is 0 Å². The van der Waals surface area contributed by atoms with Crippen LogP contribution < -0.4 is 10.1 Å². The van der Waals surface area contributed by atoms with Crippen molar-refractivity contribution in [2.45, 2.75) is 13.0 Å². The molecule has 2 aromatic rings. The van der Waals surface area contributed by atoms with Gasteiger partial charge in [-0.3, -0.25) is 9.48 Å². The summed E-state index contributed by atoms with van der Waals surface area (Å²) < 4.78 is 7.36. The number of aromatic nitrogens is 2. The molecule has 5 heteroatoms. The highest BCUT2D eigenvalue weighted by atomic mass is 16.5. The van der Waals surface area contributed by atoms with Crippen molar-refractivity contribution >= 4 is 5.91 Å². The molecule has 0 fully saturated rings. The minimum Gasteiger partial charge on any atom is -0.492 e. The summed E-state index contributed by atoms with van der Waals surface area (Å²) >= 11 is 0. The van der Waals surface area contributed by atoms with Gasteiger partial charge in [0.25, 0.3) is 0 Å². The molecule has 5 nitrogen and oxygen atoms in total. The molecule has 0 spiro atoms. The smallest absolute Gasteiger partial charge is 0.227 e. The van der Waals surface area contributed by atoms with E-state index in [-0.39, 0.29) is 11.8 Å². The Morgan fingerprint density at radius 3 is 3.15 bits per heavy atom. The zero-order valence-electron chi connectivity index (χ0n) is 11.4. The molecule has 1 aliphatic rings. The third kappa shape index (κ3) is 2.66. The number of hydrogen-bond donors (Lipinski definition) is 1. The molecule has 1 amide bonds. The lowest BCUT2D eigenvalue weighted by atomic mass is 9.96. The van der Waals surface area contributed by atoms with Crippen LogP contribution in [-0.4, -0.2) is 22.3 Å². The quantitative estimate of drug-likeness (QED) is 0.915. The van der Waals surface area contributed by atoms with Gasteiger partial charge < -0.3 is 10.1 Å². The van der Waals surface area contributed by atoms with Crippen molar-refractivity contribution in [1.29, 1.82) is 0 Å². The maximum absolute atomic E-state index is 12.2. The van der Waals surface area contributed by atoms with Crippen LogP contribution in [0.5, 0.6) is 5.75 Å². The second kappa shape index (κ2) is 5.36. The maximum atomic E-state index is 12.2. The lowest BCUT2D eigenvalue weighted by Crippen LogP contribution is -2.36. The fourth-order valence-corrected chi connectivity index (χ4v) is 2.39. The summed E-state index contributed by atoms with van der Waals surface area (Å²) in [5.41, 5.74) is 2.10. The molecule has 0 radical (unpaired) electrons. The highest BCUT2D eigenvalue weighted by Gasteiger charge is 2.25. The predicted octanol–water partition coefficient (Wildman–Crippen LogP) is 1.29. The zero-order valence-corrected chi connectivity index (χ0v) is 11.4. The van der Waals surface area contributed by atoms with Crippen LogP contribution >= 0.6 is 0 Å². The standard InChI is InChI=1S/C15H17N3O2/c1-18-9-11(8-17-18)7-16-15(19)13-6-12-4-2-3-5-14(12)20-10-13/h2-5,8-9,13H,6-7,10H2,1H3,(H,16,19)/t13-/m1/s1. The Morgan fingerprint density at radius 2 is 2.35 bits per heavy atom. The van der Waals surface area contributed by atoms with Gasteiger partial charge in [0.1, 0.15) is 12.4 Å². The number of nitrogens with zero attached hydrogens (tertiary/aromatic N) is 2. The monoisotopic (exact) mass is 271 g/mol. The van der Waals surface area contributed by atoms with Gasteiger partial charge in [0.05, 0.1) is 12.1 Å². The number of carbonyl (C=O) groups excluding carboxylic acids is 1. The number of amides is 1. The van der Waals surface area contributed by atoms with Gasteiger partial charge in [0.15, 0.2) is 0 Å². The number of benzene rings is 1. The fraction of sp³-hybridized carbons (Fsp3) is 0.333. The molecule has 1 N–H and O–H groups in total. The van der Waals surface area contributed by atoms with Crippen molar-refractivity contribution in [3.05, 3.63) is 47.8 Å². The van der Waals surface area contributed by atoms with Crippen molar-refractivity contribution < 1.29 is 9.53 Å². The van der Waals surface area contributed by atoms with Gasteiger partial charge in [0, 0.05) is 25.4 Å². The Hall–Kier alpha value is -2.30. The molecule has 1 aromatic carbocycles. The van der Waals surface area contributed by atoms with Crippen LogP contribution in [0, 0.1) is 5.92 Å². The number of nitrogens with one attached hydrogen (secondary N) is 1. The molecule has 3 rings (SSSR count). The van der Waals surface area contributed by atoms with Crippen LogP contribution in [0.1, 0.15) is 11.1 Å². The number of para-hydroxylation sites is 1. The fourth-order valence-electron chi connectivity index (χ4n) is 2.39. The summed E-state index contributed by atoms with van der Waals surface area (Å²) in [4.78, 5) is 12.2. The minimum atomic E-state index is -0.124. The second-order valence-corrected chi connectivity index (χ2v) is 5.06. The van der Waals surface area contributed by atoms with Crippen molar-refractivity contribution in [3.8, 4) is 5.75 Å². The van der Waals surface area contributed by atoms with Crippen LogP contribution in [-0.2, 0) is 24.8 Å². The number of hydrogen-bond acceptors (Lipinski definition) is 3. The summed E-state index contributed by atoms with van der Waals surface area (Å²) in [5.74, 6) is 0.800. The van der Waals surface area contributed by atoms with E-state index in [1.807, 2.05) is 37.5 Å². The molecule has 1 aromatic heterocycles. The lowest BCUT2D eigenvalue weighted by molar-refractivity contribution is -0.126. The van der Waals surface area contributed by atoms with E-state index in [4.69, 9.17) is 4.74 Å². The van der Waals surface area contributed by atoms with E-state index in [1.165, 1.54) is 0 Å². The summed E-state index contributed by atoms with van der Waals surface area (Å²) in [6, 6.07) is 7.87. The third-order valence-corrected chi connectivity index (χ3v) is 3.47. The average Bonchev–Trinajstić information content (AvgIpc) is 2.90. The van der Waals surface area contributed by atoms with E-state index in [0.29, 0.717) is 13.2 Å². The first-order chi connectivity index (χ1) is 9.72. The SMILES string of the molecule is Cn1cc(CNC(=O)[C@H]2COc3ccccc3C2)cn1. The number of carbonyl (C=O) groups is 1. The highest BCUT2D eigenvalue weighted by molar-refractivity contribution is 5.79. The van der Waals surface area contributed by atoms with Crippen molar-refractivity contribution in [2.24, 2.45) is 13.0 Å². The van der Waals surface area contributed by atoms with E-state index in [9.17, 15) is 4.79 Å². The van der Waals surface area contributed by atoms with Gasteiger partial charge in [-0.2, -0.15) is 5.10 Å². The molecule has 1 atom stereocenters. The summed E-state index contributed by atoms with van der Waals surface area (Å²) in [6.45, 7) is 0.945. The minimum absolute atomic E-state index is 0.0309. The van der Waals surface area contributed by atoms with Gasteiger partial charge in [-0.15, -0.1) is 0 Å². The number of aryl methyl sites for hydroxylation is 1. The third-order valence-electron chi connectivity index (χ3n) is 3.47. The van der Waals surface area contributed by atoms with Gasteiger partial charge in [-0.25, -0.2) is 0 Å². The molecule has 0 bridgehead atoms. The zero-order chi connectivity index (χ0) is 13.9. The Bertz CT molecular complexity index is 621. The molecule has 0 aliphatic carbocycles. The van der Waals surface area contributed by atoms with Gasteiger partial charge >= 0.3 is 0 Å². The van der Waals surface area contributed by atoms with E-state index in [1.54, 1.807) is 10.9 Å². The molecule has 0 saturated heterocycles. The summed E-state index contributed by atoms with van der Waals surface area (Å²) in [7, 11) is 1.86. The molecule has 2 heterocycles. The van der Waals surface area contributed by atoms with Gasteiger partial charge in [-0.1, -0.05) is 18.2 Å². The highest BCUT2D eigenvalue weighted by Crippen LogP contribution is 2.26. The first-order valence-corrected chi connectivity index (χ1v) is 6.68. The largest absolute Gasteiger partial charge is 0.492 e. The van der Waals surface area contributed by atoms with E-state index < -0.39 is 0 Å². The van der Waals surface area contributed by atoms with Crippen molar-refractivity contribution in [1.82, 2.24) is 15.1 Å². The Kier molecular flexibility index (Phi) is 3.41. The van der Waals surface area contributed by atoms with E-state index in [0.717, 1.165) is 23.3 Å². The van der Waals surface area contributed by atoms with Gasteiger partial charge in [0.2, 0.25) is 5.91 Å². The van der Waals surface area contributed by atoms with Crippen LogP contribution in [0.15, 0.2) is 36.7 Å². The molecular weight excluding hydrogens is 254 g/mol. The molecule has 20 heavy (non-hydrogen) atoms. The summed E-state index contributed by atoms with van der Waals surface area (Å²) in [6.07, 6.45) is 4.38. The first-order valence-electron chi connectivity index (χ1n) is 6.68. The van der Waals surface area contributed by atoms with E-state index in [2.05, 4.69) is 10.4 Å². The molecule has 1 aliphatic heterocycles. The Balaban J connectivity index is 1.59. The predicted molar refractivity (Wildman–Crippen MR) is 74.2 cm³/mol. The molecular formula is C15H17N3O2. The normalized spacial score (nSPS) is 17.1. The molecule has 104 valence electrons. The Morgan fingerprint density at radius 1 is 1.50 bits per heavy atom. The topological polar surface area (TPSA) is 56.2 Å². The Labute approximate surface area is 117 Å². The maximum Gasteiger partial charge on any atom is 0.227 e. The molecule has 0 saturated carbocycles. The van der Waals surface area contributed by atoms with Crippen LogP contribution in [0.3, 0.4) is 0 Å². The second-order valence-electron chi connectivity index (χ2n) is 5.06. The number of rotatable bonds is 3. The van der Waals surface area contributed by atoms with E-state index >= 15 is 0 Å². The lowest BCUT2D eigenvalue weighted by Gasteiger charge is -2.24. The van der Waals surface area contributed by atoms with Crippen LogP contribution in [0.25, 0.3) is 0 Å². The molecule has 0 unspecified atom stereocenters. The van der Waals surface area contributed by atoms with Crippen molar-refractivity contribution in [2.75, 3.05) is 6.61 Å².